The lowest BCUT2D eigenvalue weighted by Gasteiger charge is -1.97. The summed E-state index contributed by atoms with van der Waals surface area (Å²) in [7, 11) is 1.53. The number of likely N-dealkylation sites (N-methyl/N-ethyl adjacent to an activating group) is 1. The second-order valence-electron chi connectivity index (χ2n) is 2.91. The molecular formula is C9H6ClN2O2+. The first-order valence-electron chi connectivity index (χ1n) is 3.93. The number of hydrogen-bond acceptors (Lipinski definition) is 2. The Balaban J connectivity index is 2.94. The van der Waals surface area contributed by atoms with Crippen molar-refractivity contribution in [3.63, 3.8) is 0 Å². The van der Waals surface area contributed by atoms with Crippen molar-refractivity contribution in [2.45, 2.75) is 0 Å². The lowest BCUT2D eigenvalue weighted by Crippen LogP contribution is -2.48. The van der Waals surface area contributed by atoms with E-state index in [0.717, 1.165) is 0 Å². The van der Waals surface area contributed by atoms with Gasteiger partial charge in [-0.3, -0.25) is 4.79 Å². The highest BCUT2D eigenvalue weighted by Gasteiger charge is 2.27. The smallest absolute Gasteiger partial charge is 0.255 e. The molecule has 2 amide bonds. The van der Waals surface area contributed by atoms with Gasteiger partial charge in [-0.15, -0.1) is 0 Å². The number of nitrogens with zero attached hydrogens (tertiary/aromatic N) is 2. The van der Waals surface area contributed by atoms with Crippen LogP contribution >= 0.6 is 11.6 Å². The van der Waals surface area contributed by atoms with Crippen molar-refractivity contribution in [1.29, 1.82) is 0 Å². The third-order valence-corrected chi connectivity index (χ3v) is 2.24. The van der Waals surface area contributed by atoms with Gasteiger partial charge in [0.2, 0.25) is 5.36 Å². The summed E-state index contributed by atoms with van der Waals surface area (Å²) in [5.74, 6) is -1.39. The molecule has 2 rings (SSSR count). The quantitative estimate of drug-likeness (QED) is 0.413. The summed E-state index contributed by atoms with van der Waals surface area (Å²) in [5.41, 5.74) is 0. The Hall–Kier alpha value is -1.55. The molecule has 0 aliphatic carbocycles. The van der Waals surface area contributed by atoms with Gasteiger partial charge in [-0.05, 0) is 12.1 Å². The Morgan fingerprint density at radius 3 is 2.79 bits per heavy atom. The molecule has 1 aromatic carbocycles. The molecule has 0 atom stereocenters. The molecule has 4 nitrogen and oxygen atoms in total. The standard InChI is InChI=1S/C9H6ClN2O2/c1-12-7-3-2-5(10)4-6(7)11-8(13)9(12)14/h2-4H,1H3/q+1. The van der Waals surface area contributed by atoms with Crippen molar-refractivity contribution in [3.05, 3.63) is 33.9 Å². The topological polar surface area (TPSA) is 49.5 Å². The lowest BCUT2D eigenvalue weighted by molar-refractivity contribution is -0.138. The van der Waals surface area contributed by atoms with Crippen LogP contribution in [0.2, 0.25) is 5.02 Å². The Kier molecular flexibility index (Phi) is 1.93. The van der Waals surface area contributed by atoms with Gasteiger partial charge in [-0.2, -0.15) is 9.57 Å². The SMILES string of the molecule is C[N+]1=c2ccc(Cl)cc2=NC(=O)C1=O. The highest BCUT2D eigenvalue weighted by Crippen LogP contribution is 2.00. The Bertz CT molecular complexity index is 563. The molecule has 1 aliphatic rings. The van der Waals surface area contributed by atoms with Crippen LogP contribution in [0.25, 0.3) is 0 Å². The van der Waals surface area contributed by atoms with E-state index in [9.17, 15) is 9.59 Å². The zero-order valence-corrected chi connectivity index (χ0v) is 8.08. The summed E-state index contributed by atoms with van der Waals surface area (Å²) in [6.45, 7) is 0. The van der Waals surface area contributed by atoms with Crippen LogP contribution < -0.4 is 15.3 Å². The summed E-state index contributed by atoms with van der Waals surface area (Å²) in [5, 5.41) is 1.52. The maximum atomic E-state index is 11.2. The van der Waals surface area contributed by atoms with Crippen molar-refractivity contribution in [2.75, 3.05) is 7.05 Å². The number of benzene rings is 1. The van der Waals surface area contributed by atoms with Gasteiger partial charge < -0.3 is 0 Å². The molecular weight excluding hydrogens is 204 g/mol. The number of rotatable bonds is 0. The van der Waals surface area contributed by atoms with E-state index in [-0.39, 0.29) is 0 Å². The van der Waals surface area contributed by atoms with E-state index in [2.05, 4.69) is 4.99 Å². The third-order valence-electron chi connectivity index (χ3n) is 2.01. The average Bonchev–Trinajstić information content (AvgIpc) is 2.14. The zero-order valence-electron chi connectivity index (χ0n) is 7.32. The number of carbonyl (C=O) groups excluding carboxylic acids is 2. The highest BCUT2D eigenvalue weighted by molar-refractivity contribution is 6.36. The summed E-state index contributed by atoms with van der Waals surface area (Å²) in [6.07, 6.45) is 0. The Labute approximate surface area is 84.1 Å². The van der Waals surface area contributed by atoms with Crippen LogP contribution in [0.4, 0.5) is 0 Å². The van der Waals surface area contributed by atoms with E-state index in [4.69, 9.17) is 11.6 Å². The number of carbonyl (C=O) groups is 2. The molecule has 70 valence electrons. The van der Waals surface area contributed by atoms with Crippen LogP contribution in [0.5, 0.6) is 0 Å². The molecule has 0 saturated heterocycles. The molecule has 1 aromatic rings. The summed E-state index contributed by atoms with van der Waals surface area (Å²) >= 11 is 5.73. The van der Waals surface area contributed by atoms with Crippen LogP contribution in [0, 0.1) is 0 Å². The van der Waals surface area contributed by atoms with Crippen molar-refractivity contribution in [1.82, 2.24) is 4.58 Å². The highest BCUT2D eigenvalue weighted by atomic mass is 35.5. The van der Waals surface area contributed by atoms with Gasteiger partial charge in [0.25, 0.3) is 0 Å². The monoisotopic (exact) mass is 209 g/mol. The van der Waals surface area contributed by atoms with E-state index in [1.54, 1.807) is 18.2 Å². The fraction of sp³-hybridized carbons (Fsp3) is 0.111. The Morgan fingerprint density at radius 1 is 1.36 bits per heavy atom. The predicted molar refractivity (Wildman–Crippen MR) is 49.4 cm³/mol. The normalized spacial score (nSPS) is 15.1. The van der Waals surface area contributed by atoms with E-state index in [0.29, 0.717) is 15.7 Å². The third kappa shape index (κ3) is 1.24. The van der Waals surface area contributed by atoms with Crippen LogP contribution in [0.1, 0.15) is 0 Å². The number of hydrogen-bond donors (Lipinski definition) is 0. The van der Waals surface area contributed by atoms with Crippen molar-refractivity contribution >= 4 is 23.4 Å². The largest absolute Gasteiger partial charge is 0.479 e. The molecule has 14 heavy (non-hydrogen) atoms. The molecule has 0 spiro atoms. The number of fused-ring (bicyclic) bond motifs is 1. The van der Waals surface area contributed by atoms with Crippen molar-refractivity contribution < 1.29 is 9.59 Å². The van der Waals surface area contributed by atoms with Crippen LogP contribution in [0.3, 0.4) is 0 Å². The minimum Gasteiger partial charge on any atom is -0.255 e. The van der Waals surface area contributed by atoms with Gasteiger partial charge in [0.15, 0.2) is 0 Å². The summed E-state index contributed by atoms with van der Waals surface area (Å²) in [4.78, 5) is 25.9. The van der Waals surface area contributed by atoms with Gasteiger partial charge >= 0.3 is 11.8 Å². The maximum Gasteiger partial charge on any atom is 0.479 e. The molecule has 0 bridgehead atoms. The van der Waals surface area contributed by atoms with Crippen molar-refractivity contribution in [2.24, 2.45) is 4.99 Å². The fourth-order valence-electron chi connectivity index (χ4n) is 1.28. The van der Waals surface area contributed by atoms with Gasteiger partial charge in [0.1, 0.15) is 12.4 Å². The maximum absolute atomic E-state index is 11.2. The van der Waals surface area contributed by atoms with E-state index >= 15 is 0 Å². The lowest BCUT2D eigenvalue weighted by atomic mass is 10.3. The van der Waals surface area contributed by atoms with Crippen LogP contribution in [-0.4, -0.2) is 18.9 Å². The first-order chi connectivity index (χ1) is 6.59. The molecule has 0 radical (unpaired) electrons. The van der Waals surface area contributed by atoms with Gasteiger partial charge in [-0.25, -0.2) is 4.79 Å². The predicted octanol–water partition coefficient (Wildman–Crippen LogP) is -0.853. The van der Waals surface area contributed by atoms with Gasteiger partial charge in [0, 0.05) is 11.1 Å². The van der Waals surface area contributed by atoms with Crippen LogP contribution in [-0.2, 0) is 9.59 Å². The molecule has 0 unspecified atom stereocenters. The molecule has 0 N–H and O–H groups in total. The molecule has 5 heteroatoms. The first-order valence-corrected chi connectivity index (χ1v) is 4.30. The minimum absolute atomic E-state index is 0.435. The second kappa shape index (κ2) is 2.99. The second-order valence-corrected chi connectivity index (χ2v) is 3.35. The first kappa shape index (κ1) is 9.02. The van der Waals surface area contributed by atoms with Crippen LogP contribution in [0.15, 0.2) is 23.2 Å². The Morgan fingerprint density at radius 2 is 2.07 bits per heavy atom. The van der Waals surface area contributed by atoms with Gasteiger partial charge in [-0.1, -0.05) is 11.6 Å². The molecule has 1 aliphatic heterocycles. The summed E-state index contributed by atoms with van der Waals surface area (Å²) in [6, 6.07) is 4.86. The molecule has 0 fully saturated rings. The van der Waals surface area contributed by atoms with Crippen molar-refractivity contribution in [3.8, 4) is 0 Å². The van der Waals surface area contributed by atoms with E-state index < -0.39 is 11.8 Å². The summed E-state index contributed by atoms with van der Waals surface area (Å²) < 4.78 is 1.26. The van der Waals surface area contributed by atoms with E-state index in [1.807, 2.05) is 0 Å². The van der Waals surface area contributed by atoms with E-state index in [1.165, 1.54) is 11.6 Å². The molecule has 0 saturated carbocycles. The fourth-order valence-corrected chi connectivity index (χ4v) is 1.45. The molecule has 0 aromatic heterocycles. The number of halogens is 1. The number of amides is 2. The van der Waals surface area contributed by atoms with Gasteiger partial charge in [0.05, 0.1) is 0 Å². The molecule has 1 heterocycles. The zero-order chi connectivity index (χ0) is 10.3. The minimum atomic E-state index is -0.762. The average molecular weight is 210 g/mol.